The van der Waals surface area contributed by atoms with Crippen LogP contribution in [0.15, 0.2) is 24.3 Å². The molecule has 0 radical (unpaired) electrons. The lowest BCUT2D eigenvalue weighted by molar-refractivity contribution is 0.282. The summed E-state index contributed by atoms with van der Waals surface area (Å²) >= 11 is 0. The predicted molar refractivity (Wildman–Crippen MR) is 60.7 cm³/mol. The highest BCUT2D eigenvalue weighted by atomic mass is 16.5. The molecule has 0 unspecified atom stereocenters. The Bertz CT molecular complexity index is 408. The van der Waals surface area contributed by atoms with E-state index in [9.17, 15) is 0 Å². The maximum atomic E-state index is 8.87. The van der Waals surface area contributed by atoms with E-state index in [1.165, 1.54) is 0 Å². The van der Waals surface area contributed by atoms with Crippen LogP contribution in [0.4, 0.5) is 0 Å². The van der Waals surface area contributed by atoms with E-state index in [0.29, 0.717) is 5.56 Å². The second kappa shape index (κ2) is 4.45. The zero-order valence-corrected chi connectivity index (χ0v) is 8.86. The number of aliphatic hydroxyl groups excluding tert-OH is 1. The van der Waals surface area contributed by atoms with Gasteiger partial charge in [0.25, 0.3) is 0 Å². The van der Waals surface area contributed by atoms with Crippen molar-refractivity contribution in [2.45, 2.75) is 19.4 Å². The highest BCUT2D eigenvalue weighted by molar-refractivity contribution is 6.00. The zero-order valence-electron chi connectivity index (χ0n) is 8.86. The van der Waals surface area contributed by atoms with Crippen molar-refractivity contribution in [1.82, 2.24) is 0 Å². The molecule has 0 atom stereocenters. The monoisotopic (exact) mass is 218 g/mol. The van der Waals surface area contributed by atoms with Gasteiger partial charge in [0.2, 0.25) is 5.90 Å². The molecule has 4 heteroatoms. The number of hydrogen-bond acceptors (Lipinski definition) is 4. The Morgan fingerprint density at radius 2 is 1.88 bits per heavy atom. The molecular weight excluding hydrogens is 204 g/mol. The van der Waals surface area contributed by atoms with Gasteiger partial charge >= 0.3 is 0 Å². The molecule has 1 aliphatic carbocycles. The second-order valence-electron chi connectivity index (χ2n) is 3.92. The van der Waals surface area contributed by atoms with E-state index < -0.39 is 0 Å². The van der Waals surface area contributed by atoms with Crippen LogP contribution in [-0.4, -0.2) is 16.9 Å². The summed E-state index contributed by atoms with van der Waals surface area (Å²) in [4.78, 5) is 0. The number of ether oxygens (including phenoxy) is 1. The summed E-state index contributed by atoms with van der Waals surface area (Å²) in [6.45, 7) is -0.00758. The Hall–Kier alpha value is -1.68. The first-order valence-electron chi connectivity index (χ1n) is 5.25. The maximum absolute atomic E-state index is 8.87. The first kappa shape index (κ1) is 10.8. The van der Waals surface area contributed by atoms with Gasteiger partial charge in [-0.1, -0.05) is 12.1 Å². The SMILES string of the molecule is N=C(OC(=N)C1CC1)c1ccc(CO)cc1. The van der Waals surface area contributed by atoms with E-state index in [-0.39, 0.29) is 24.3 Å². The van der Waals surface area contributed by atoms with Gasteiger partial charge in [-0.05, 0) is 30.5 Å². The summed E-state index contributed by atoms with van der Waals surface area (Å²) in [6.07, 6.45) is 1.99. The molecule has 16 heavy (non-hydrogen) atoms. The molecule has 0 saturated heterocycles. The van der Waals surface area contributed by atoms with Crippen LogP contribution in [0.25, 0.3) is 0 Å². The molecule has 0 amide bonds. The summed E-state index contributed by atoms with van der Waals surface area (Å²) in [5, 5.41) is 24.1. The van der Waals surface area contributed by atoms with Crippen LogP contribution in [0.1, 0.15) is 24.0 Å². The van der Waals surface area contributed by atoms with Gasteiger partial charge in [0.05, 0.1) is 6.61 Å². The number of nitrogens with one attached hydrogen (secondary N) is 2. The minimum Gasteiger partial charge on any atom is -0.425 e. The van der Waals surface area contributed by atoms with Gasteiger partial charge in [-0.15, -0.1) is 0 Å². The van der Waals surface area contributed by atoms with E-state index in [4.69, 9.17) is 20.7 Å². The molecule has 2 rings (SSSR count). The van der Waals surface area contributed by atoms with Crippen molar-refractivity contribution >= 4 is 11.8 Å². The van der Waals surface area contributed by atoms with Crippen LogP contribution in [-0.2, 0) is 11.3 Å². The smallest absolute Gasteiger partial charge is 0.220 e. The summed E-state index contributed by atoms with van der Waals surface area (Å²) < 4.78 is 5.14. The summed E-state index contributed by atoms with van der Waals surface area (Å²) in [6, 6.07) is 6.92. The van der Waals surface area contributed by atoms with Crippen LogP contribution < -0.4 is 0 Å². The maximum Gasteiger partial charge on any atom is 0.220 e. The van der Waals surface area contributed by atoms with Gasteiger partial charge in [0.1, 0.15) is 0 Å². The molecule has 4 nitrogen and oxygen atoms in total. The quantitative estimate of drug-likeness (QED) is 0.535. The van der Waals surface area contributed by atoms with Crippen molar-refractivity contribution in [2.24, 2.45) is 5.92 Å². The molecule has 0 bridgehead atoms. The molecule has 1 fully saturated rings. The Kier molecular flexibility index (Phi) is 3.01. The summed E-state index contributed by atoms with van der Waals surface area (Å²) in [7, 11) is 0. The average molecular weight is 218 g/mol. The normalized spacial score (nSPS) is 14.6. The van der Waals surface area contributed by atoms with Crippen LogP contribution in [0, 0.1) is 16.7 Å². The van der Waals surface area contributed by atoms with Gasteiger partial charge in [-0.3, -0.25) is 10.8 Å². The number of benzene rings is 1. The van der Waals surface area contributed by atoms with Crippen molar-refractivity contribution < 1.29 is 9.84 Å². The van der Waals surface area contributed by atoms with Crippen molar-refractivity contribution in [1.29, 1.82) is 10.8 Å². The molecule has 0 spiro atoms. The Morgan fingerprint density at radius 3 is 2.38 bits per heavy atom. The molecule has 0 aromatic heterocycles. The second-order valence-corrected chi connectivity index (χ2v) is 3.92. The van der Waals surface area contributed by atoms with Crippen LogP contribution in [0.2, 0.25) is 0 Å². The van der Waals surface area contributed by atoms with Gasteiger partial charge in [0, 0.05) is 11.5 Å². The first-order chi connectivity index (χ1) is 7.70. The minimum absolute atomic E-state index is 0.00129. The minimum atomic E-state index is -0.00758. The lowest BCUT2D eigenvalue weighted by Crippen LogP contribution is -2.13. The van der Waals surface area contributed by atoms with E-state index in [1.807, 2.05) is 0 Å². The van der Waals surface area contributed by atoms with E-state index >= 15 is 0 Å². The molecule has 3 N–H and O–H groups in total. The third-order valence-electron chi connectivity index (χ3n) is 2.56. The van der Waals surface area contributed by atoms with E-state index in [1.54, 1.807) is 24.3 Å². The number of hydrogen-bond donors (Lipinski definition) is 3. The van der Waals surface area contributed by atoms with Gasteiger partial charge in [-0.25, -0.2) is 0 Å². The van der Waals surface area contributed by atoms with Crippen LogP contribution >= 0.6 is 0 Å². The number of aliphatic hydroxyl groups is 1. The topological polar surface area (TPSA) is 77.2 Å². The summed E-state index contributed by atoms with van der Waals surface area (Å²) in [5.74, 6) is 0.412. The van der Waals surface area contributed by atoms with E-state index in [2.05, 4.69) is 0 Å². The van der Waals surface area contributed by atoms with Crippen LogP contribution in [0.3, 0.4) is 0 Å². The standard InChI is InChI=1S/C12H14N2O2/c13-11(16-12(14)10-5-6-10)9-3-1-8(7-15)2-4-9/h1-4,10,13-15H,5-7H2. The fourth-order valence-electron chi connectivity index (χ4n) is 1.36. The highest BCUT2D eigenvalue weighted by Gasteiger charge is 2.29. The third kappa shape index (κ3) is 2.46. The zero-order chi connectivity index (χ0) is 11.5. The van der Waals surface area contributed by atoms with Crippen molar-refractivity contribution in [3.05, 3.63) is 35.4 Å². The van der Waals surface area contributed by atoms with E-state index in [0.717, 1.165) is 18.4 Å². The van der Waals surface area contributed by atoms with Crippen molar-refractivity contribution in [3.8, 4) is 0 Å². The Labute approximate surface area is 93.9 Å². The van der Waals surface area contributed by atoms with Gasteiger partial charge < -0.3 is 9.84 Å². The lowest BCUT2D eigenvalue weighted by atomic mass is 10.1. The Balaban J connectivity index is 1.99. The molecular formula is C12H14N2O2. The van der Waals surface area contributed by atoms with Crippen LogP contribution in [0.5, 0.6) is 0 Å². The van der Waals surface area contributed by atoms with Crippen molar-refractivity contribution in [3.63, 3.8) is 0 Å². The van der Waals surface area contributed by atoms with Gasteiger partial charge in [-0.2, -0.15) is 0 Å². The Morgan fingerprint density at radius 1 is 1.25 bits per heavy atom. The molecule has 1 aliphatic rings. The lowest BCUT2D eigenvalue weighted by Gasteiger charge is -2.07. The fraction of sp³-hybridized carbons (Fsp3) is 0.333. The highest BCUT2D eigenvalue weighted by Crippen LogP contribution is 2.30. The molecule has 84 valence electrons. The predicted octanol–water partition coefficient (Wildman–Crippen LogP) is 1.91. The van der Waals surface area contributed by atoms with Crippen molar-refractivity contribution in [2.75, 3.05) is 0 Å². The summed E-state index contributed by atoms with van der Waals surface area (Å²) in [5.41, 5.74) is 1.43. The largest absolute Gasteiger partial charge is 0.425 e. The molecule has 1 saturated carbocycles. The molecule has 1 aromatic rings. The molecule has 0 heterocycles. The molecule has 0 aliphatic heterocycles. The third-order valence-corrected chi connectivity index (χ3v) is 2.56. The van der Waals surface area contributed by atoms with Gasteiger partial charge in [0.15, 0.2) is 5.90 Å². The number of rotatable bonds is 3. The first-order valence-corrected chi connectivity index (χ1v) is 5.25. The molecule has 1 aromatic carbocycles. The fourth-order valence-corrected chi connectivity index (χ4v) is 1.36. The average Bonchev–Trinajstić information content (AvgIpc) is 3.13.